The van der Waals surface area contributed by atoms with E-state index in [2.05, 4.69) is 36.4 Å². The van der Waals surface area contributed by atoms with Gasteiger partial charge in [-0.25, -0.2) is 4.79 Å². The molecule has 35 heavy (non-hydrogen) atoms. The standard InChI is InChI=1S/C30H25NO3S/c1-18-10-12-21(13-11-18)28-27(30(33)34-2)31-25(32)17-23(26(20-14-15-20)29(31)35-28)16-22-8-5-7-19-6-3-4-9-24(19)22/h3-13,17,20H,14-16H2,1-2H3. The van der Waals surface area contributed by atoms with Crippen molar-refractivity contribution in [1.82, 2.24) is 4.40 Å². The minimum atomic E-state index is -0.488. The van der Waals surface area contributed by atoms with Crippen molar-refractivity contribution in [3.8, 4) is 10.4 Å². The Morgan fingerprint density at radius 2 is 1.74 bits per heavy atom. The predicted molar refractivity (Wildman–Crippen MR) is 142 cm³/mol. The molecule has 174 valence electrons. The Balaban J connectivity index is 1.60. The molecule has 0 bridgehead atoms. The lowest BCUT2D eigenvalue weighted by atomic mass is 9.95. The van der Waals surface area contributed by atoms with E-state index in [0.717, 1.165) is 39.2 Å². The second-order valence-electron chi connectivity index (χ2n) is 9.29. The van der Waals surface area contributed by atoms with Crippen LogP contribution in [0.3, 0.4) is 0 Å². The summed E-state index contributed by atoms with van der Waals surface area (Å²) in [6, 6.07) is 24.5. The number of esters is 1. The average Bonchev–Trinajstić information content (AvgIpc) is 3.63. The molecule has 2 aromatic heterocycles. The van der Waals surface area contributed by atoms with Crippen LogP contribution in [0, 0.1) is 6.92 Å². The fourth-order valence-electron chi connectivity index (χ4n) is 5.00. The Morgan fingerprint density at radius 1 is 1.00 bits per heavy atom. The van der Waals surface area contributed by atoms with Gasteiger partial charge in [0.05, 0.1) is 12.0 Å². The second-order valence-corrected chi connectivity index (χ2v) is 10.3. The van der Waals surface area contributed by atoms with Gasteiger partial charge in [-0.2, -0.15) is 0 Å². The molecular weight excluding hydrogens is 454 g/mol. The first-order valence-electron chi connectivity index (χ1n) is 11.9. The fraction of sp³-hybridized carbons (Fsp3) is 0.200. The summed E-state index contributed by atoms with van der Waals surface area (Å²) in [5.41, 5.74) is 5.66. The predicted octanol–water partition coefficient (Wildman–Crippen LogP) is 6.74. The lowest BCUT2D eigenvalue weighted by Gasteiger charge is -2.13. The molecule has 5 aromatic rings. The topological polar surface area (TPSA) is 47.8 Å². The third kappa shape index (κ3) is 3.76. The molecule has 0 unspecified atom stereocenters. The van der Waals surface area contributed by atoms with Crippen molar-refractivity contribution in [3.63, 3.8) is 0 Å². The Kier molecular flexibility index (Phi) is 5.30. The van der Waals surface area contributed by atoms with Crippen molar-refractivity contribution in [1.29, 1.82) is 0 Å². The van der Waals surface area contributed by atoms with Gasteiger partial charge in [0.25, 0.3) is 5.56 Å². The lowest BCUT2D eigenvalue weighted by molar-refractivity contribution is 0.0593. The average molecular weight is 480 g/mol. The first-order chi connectivity index (χ1) is 17.0. The molecule has 1 saturated carbocycles. The molecule has 1 aliphatic rings. The summed E-state index contributed by atoms with van der Waals surface area (Å²) >= 11 is 1.53. The molecule has 3 aromatic carbocycles. The van der Waals surface area contributed by atoms with E-state index in [0.29, 0.717) is 18.0 Å². The van der Waals surface area contributed by atoms with E-state index in [1.807, 2.05) is 37.3 Å². The van der Waals surface area contributed by atoms with E-state index < -0.39 is 5.97 Å². The first-order valence-corrected chi connectivity index (χ1v) is 12.7. The summed E-state index contributed by atoms with van der Waals surface area (Å²) in [6.07, 6.45) is 2.88. The number of aryl methyl sites for hydroxylation is 1. The van der Waals surface area contributed by atoms with Gasteiger partial charge in [-0.3, -0.25) is 9.20 Å². The highest BCUT2D eigenvalue weighted by molar-refractivity contribution is 7.21. The van der Waals surface area contributed by atoms with Crippen LogP contribution in [0.5, 0.6) is 0 Å². The Morgan fingerprint density at radius 3 is 2.49 bits per heavy atom. The molecule has 0 saturated heterocycles. The van der Waals surface area contributed by atoms with Gasteiger partial charge in [-0.05, 0) is 65.1 Å². The van der Waals surface area contributed by atoms with Crippen molar-refractivity contribution < 1.29 is 9.53 Å². The molecule has 0 amide bonds. The third-order valence-corrected chi connectivity index (χ3v) is 8.10. The summed E-state index contributed by atoms with van der Waals surface area (Å²) < 4.78 is 6.73. The maximum absolute atomic E-state index is 13.6. The fourth-order valence-corrected chi connectivity index (χ4v) is 6.40. The van der Waals surface area contributed by atoms with Crippen LogP contribution in [0.1, 0.15) is 51.5 Å². The largest absolute Gasteiger partial charge is 0.464 e. The number of rotatable bonds is 5. The van der Waals surface area contributed by atoms with Gasteiger partial charge < -0.3 is 4.74 Å². The van der Waals surface area contributed by atoms with Crippen LogP contribution >= 0.6 is 11.3 Å². The van der Waals surface area contributed by atoms with Crippen LogP contribution in [0.15, 0.2) is 77.6 Å². The maximum atomic E-state index is 13.6. The third-order valence-electron chi connectivity index (χ3n) is 6.87. The molecule has 0 N–H and O–H groups in total. The summed E-state index contributed by atoms with van der Waals surface area (Å²) in [7, 11) is 1.37. The Hall–Kier alpha value is -3.70. The molecule has 2 heterocycles. The van der Waals surface area contributed by atoms with Crippen LogP contribution in [0.2, 0.25) is 0 Å². The van der Waals surface area contributed by atoms with Crippen molar-refractivity contribution >= 4 is 32.9 Å². The summed E-state index contributed by atoms with van der Waals surface area (Å²) in [4.78, 5) is 28.1. The number of hydrogen-bond acceptors (Lipinski definition) is 4. The van der Waals surface area contributed by atoms with E-state index in [9.17, 15) is 9.59 Å². The number of aromatic nitrogens is 1. The highest BCUT2D eigenvalue weighted by atomic mass is 32.1. The van der Waals surface area contributed by atoms with Crippen LogP contribution in [0.4, 0.5) is 0 Å². The zero-order chi connectivity index (χ0) is 24.1. The number of benzene rings is 3. The normalized spacial score (nSPS) is 13.4. The minimum Gasteiger partial charge on any atom is -0.464 e. The quantitative estimate of drug-likeness (QED) is 0.262. The zero-order valence-corrected chi connectivity index (χ0v) is 20.5. The number of fused-ring (bicyclic) bond motifs is 2. The van der Waals surface area contributed by atoms with Gasteiger partial charge in [0.2, 0.25) is 0 Å². The number of carbonyl (C=O) groups is 1. The van der Waals surface area contributed by atoms with E-state index in [1.165, 1.54) is 40.3 Å². The number of ether oxygens (including phenoxy) is 1. The summed E-state index contributed by atoms with van der Waals surface area (Å²) in [5.74, 6) is -0.0805. The highest BCUT2D eigenvalue weighted by Gasteiger charge is 2.32. The van der Waals surface area contributed by atoms with Crippen molar-refractivity contribution in [2.75, 3.05) is 7.11 Å². The van der Waals surface area contributed by atoms with Crippen LogP contribution in [0.25, 0.3) is 26.0 Å². The number of methoxy groups -OCH3 is 1. The molecule has 0 radical (unpaired) electrons. The van der Waals surface area contributed by atoms with Gasteiger partial charge in [0, 0.05) is 6.07 Å². The maximum Gasteiger partial charge on any atom is 0.356 e. The van der Waals surface area contributed by atoms with E-state index in [1.54, 1.807) is 10.5 Å². The van der Waals surface area contributed by atoms with E-state index in [-0.39, 0.29) is 5.56 Å². The number of nitrogens with zero attached hydrogens (tertiary/aromatic N) is 1. The van der Waals surface area contributed by atoms with E-state index in [4.69, 9.17) is 4.74 Å². The molecule has 4 nitrogen and oxygen atoms in total. The molecule has 5 heteroatoms. The number of carbonyl (C=O) groups excluding carboxylic acids is 1. The van der Waals surface area contributed by atoms with Crippen molar-refractivity contribution in [2.24, 2.45) is 0 Å². The number of hydrogen-bond donors (Lipinski definition) is 0. The number of pyridine rings is 1. The SMILES string of the molecule is COC(=O)c1c(-c2ccc(C)cc2)sc2c(C3CC3)c(Cc3cccc4ccccc34)cc(=O)n12. The van der Waals surface area contributed by atoms with Gasteiger partial charge in [0.15, 0.2) is 5.69 Å². The Labute approximate surface area is 207 Å². The van der Waals surface area contributed by atoms with Gasteiger partial charge in [0.1, 0.15) is 4.83 Å². The van der Waals surface area contributed by atoms with Crippen LogP contribution < -0.4 is 5.56 Å². The molecule has 0 aliphatic heterocycles. The zero-order valence-electron chi connectivity index (χ0n) is 19.7. The molecule has 1 aliphatic carbocycles. The first kappa shape index (κ1) is 21.8. The molecule has 1 fully saturated rings. The van der Waals surface area contributed by atoms with Crippen LogP contribution in [-0.4, -0.2) is 17.5 Å². The van der Waals surface area contributed by atoms with Gasteiger partial charge in [-0.15, -0.1) is 11.3 Å². The molecule has 0 atom stereocenters. The second kappa shape index (κ2) is 8.51. The highest BCUT2D eigenvalue weighted by Crippen LogP contribution is 2.47. The Bertz CT molecular complexity index is 1650. The van der Waals surface area contributed by atoms with Gasteiger partial charge >= 0.3 is 5.97 Å². The van der Waals surface area contributed by atoms with E-state index >= 15 is 0 Å². The summed E-state index contributed by atoms with van der Waals surface area (Å²) in [5, 5.41) is 2.40. The summed E-state index contributed by atoms with van der Waals surface area (Å²) in [6.45, 7) is 2.03. The lowest BCUT2D eigenvalue weighted by Crippen LogP contribution is -2.20. The molecular formula is C30H25NO3S. The minimum absolute atomic E-state index is 0.186. The van der Waals surface area contributed by atoms with Crippen molar-refractivity contribution in [3.05, 3.63) is 111 Å². The number of thiazole rings is 1. The van der Waals surface area contributed by atoms with Crippen molar-refractivity contribution in [2.45, 2.75) is 32.1 Å². The molecule has 6 rings (SSSR count). The van der Waals surface area contributed by atoms with Crippen LogP contribution in [-0.2, 0) is 11.2 Å². The smallest absolute Gasteiger partial charge is 0.356 e. The molecule has 0 spiro atoms. The monoisotopic (exact) mass is 479 g/mol. The van der Waals surface area contributed by atoms with Gasteiger partial charge in [-0.1, -0.05) is 72.3 Å².